The number of ether oxygens (including phenoxy) is 3. The molecule has 1 N–H and O–H groups in total. The number of hydrogen-bond donors (Lipinski definition) is 1. The first-order chi connectivity index (χ1) is 13.6. The Labute approximate surface area is 167 Å². The Morgan fingerprint density at radius 1 is 1.32 bits per heavy atom. The van der Waals surface area contributed by atoms with E-state index < -0.39 is 0 Å². The Kier molecular flexibility index (Phi) is 5.29. The summed E-state index contributed by atoms with van der Waals surface area (Å²) in [5.74, 6) is 2.51. The van der Waals surface area contributed by atoms with Crippen LogP contribution in [0.25, 0.3) is 11.0 Å². The highest BCUT2D eigenvalue weighted by Crippen LogP contribution is 2.31. The quantitative estimate of drug-likeness (QED) is 0.642. The number of rotatable bonds is 6. The molecule has 8 heteroatoms. The molecule has 1 atom stereocenters. The maximum Gasteiger partial charge on any atom is 0.232 e. The van der Waals surface area contributed by atoms with E-state index in [2.05, 4.69) is 9.97 Å². The topological polar surface area (TPSA) is 76.7 Å². The van der Waals surface area contributed by atoms with Crippen molar-refractivity contribution in [3.05, 3.63) is 42.5 Å². The van der Waals surface area contributed by atoms with Gasteiger partial charge in [-0.25, -0.2) is 4.98 Å². The van der Waals surface area contributed by atoms with Crippen LogP contribution in [-0.2, 0) is 4.79 Å². The van der Waals surface area contributed by atoms with Gasteiger partial charge in [-0.2, -0.15) is 0 Å². The second-order valence-corrected chi connectivity index (χ2v) is 7.45. The molecule has 0 aliphatic carbocycles. The molecule has 0 radical (unpaired) electrons. The summed E-state index contributed by atoms with van der Waals surface area (Å²) in [5, 5.41) is 0.705. The van der Waals surface area contributed by atoms with Crippen LogP contribution in [0.15, 0.2) is 47.6 Å². The van der Waals surface area contributed by atoms with Crippen molar-refractivity contribution in [1.29, 1.82) is 0 Å². The van der Waals surface area contributed by atoms with Gasteiger partial charge in [0.05, 0.1) is 30.4 Å². The molecule has 2 heterocycles. The monoisotopic (exact) mass is 399 g/mol. The Hall–Kier alpha value is -2.87. The predicted molar refractivity (Wildman–Crippen MR) is 107 cm³/mol. The Balaban J connectivity index is 1.31. The Bertz CT molecular complexity index is 990. The first-order valence-electron chi connectivity index (χ1n) is 8.91. The first-order valence-corrected chi connectivity index (χ1v) is 9.90. The number of imidazole rings is 1. The highest BCUT2D eigenvalue weighted by atomic mass is 32.2. The molecule has 0 saturated heterocycles. The second kappa shape index (κ2) is 8.02. The minimum atomic E-state index is -0.187. The van der Waals surface area contributed by atoms with Gasteiger partial charge in [-0.3, -0.25) is 4.79 Å². The molecule has 0 unspecified atom stereocenters. The predicted octanol–water partition coefficient (Wildman–Crippen LogP) is 2.96. The average Bonchev–Trinajstić information content (AvgIpc) is 3.13. The van der Waals surface area contributed by atoms with Crippen LogP contribution >= 0.6 is 11.8 Å². The molecule has 28 heavy (non-hydrogen) atoms. The molecule has 2 aromatic carbocycles. The van der Waals surface area contributed by atoms with Gasteiger partial charge in [0.2, 0.25) is 5.91 Å². The van der Waals surface area contributed by atoms with E-state index in [9.17, 15) is 4.79 Å². The number of nitrogens with one attached hydrogen (secondary N) is 1. The van der Waals surface area contributed by atoms with Crippen molar-refractivity contribution in [2.75, 3.05) is 33.1 Å². The van der Waals surface area contributed by atoms with Gasteiger partial charge in [-0.1, -0.05) is 23.9 Å². The summed E-state index contributed by atoms with van der Waals surface area (Å²) in [6, 6.07) is 13.2. The van der Waals surface area contributed by atoms with Crippen LogP contribution in [0.2, 0.25) is 0 Å². The zero-order chi connectivity index (χ0) is 19.5. The molecule has 1 aliphatic heterocycles. The third-order valence-corrected chi connectivity index (χ3v) is 5.33. The maximum atomic E-state index is 12.5. The van der Waals surface area contributed by atoms with E-state index in [1.54, 1.807) is 19.1 Å². The summed E-state index contributed by atoms with van der Waals surface area (Å²) in [7, 11) is 3.40. The summed E-state index contributed by atoms with van der Waals surface area (Å²) in [5.41, 5.74) is 1.73. The Morgan fingerprint density at radius 2 is 2.14 bits per heavy atom. The number of methoxy groups -OCH3 is 1. The lowest BCUT2D eigenvalue weighted by Gasteiger charge is -2.29. The van der Waals surface area contributed by atoms with E-state index in [0.29, 0.717) is 24.1 Å². The van der Waals surface area contributed by atoms with E-state index in [1.165, 1.54) is 11.8 Å². The molecule has 0 fully saturated rings. The summed E-state index contributed by atoms with van der Waals surface area (Å²) < 4.78 is 16.8. The molecule has 0 bridgehead atoms. The van der Waals surface area contributed by atoms with Crippen molar-refractivity contribution >= 4 is 28.7 Å². The zero-order valence-electron chi connectivity index (χ0n) is 15.7. The summed E-state index contributed by atoms with van der Waals surface area (Å²) >= 11 is 1.38. The number of carbonyl (C=O) groups excluding carboxylic acids is 1. The van der Waals surface area contributed by atoms with Crippen LogP contribution in [-0.4, -0.2) is 59.9 Å². The number of nitrogens with zero attached hydrogens (tertiary/aromatic N) is 2. The standard InChI is InChI=1S/C20H21N3O4S/c1-23(10-14-11-26-17-5-3-4-6-18(17)27-14)19(24)12-28-20-21-15-8-7-13(25-2)9-16(15)22-20/h3-9,14H,10-12H2,1-2H3,(H,21,22)/t14-/m0/s1. The van der Waals surface area contributed by atoms with Crippen molar-refractivity contribution in [3.63, 3.8) is 0 Å². The largest absolute Gasteiger partial charge is 0.497 e. The number of carbonyl (C=O) groups is 1. The summed E-state index contributed by atoms with van der Waals surface area (Å²) in [6.07, 6.45) is -0.187. The van der Waals surface area contributed by atoms with Crippen molar-refractivity contribution in [2.24, 2.45) is 0 Å². The second-order valence-electron chi connectivity index (χ2n) is 6.49. The number of hydrogen-bond acceptors (Lipinski definition) is 6. The van der Waals surface area contributed by atoms with Crippen molar-refractivity contribution in [2.45, 2.75) is 11.3 Å². The fraction of sp³-hybridized carbons (Fsp3) is 0.300. The molecular formula is C20H21N3O4S. The molecular weight excluding hydrogens is 378 g/mol. The fourth-order valence-corrected chi connectivity index (χ4v) is 3.79. The van der Waals surface area contributed by atoms with E-state index in [4.69, 9.17) is 14.2 Å². The van der Waals surface area contributed by atoms with Gasteiger partial charge in [0, 0.05) is 13.1 Å². The molecule has 0 saturated carbocycles. The number of aromatic amines is 1. The number of H-pyrrole nitrogens is 1. The molecule has 4 rings (SSSR count). The third-order valence-electron chi connectivity index (χ3n) is 4.47. The van der Waals surface area contributed by atoms with E-state index in [0.717, 1.165) is 22.5 Å². The lowest BCUT2D eigenvalue weighted by atomic mass is 10.2. The first kappa shape index (κ1) is 18.5. The van der Waals surface area contributed by atoms with Gasteiger partial charge in [0.15, 0.2) is 22.8 Å². The van der Waals surface area contributed by atoms with Crippen molar-refractivity contribution in [3.8, 4) is 17.2 Å². The molecule has 3 aromatic rings. The smallest absolute Gasteiger partial charge is 0.232 e. The van der Waals surface area contributed by atoms with Crippen LogP contribution in [0.4, 0.5) is 0 Å². The normalized spacial score (nSPS) is 15.4. The zero-order valence-corrected chi connectivity index (χ0v) is 16.5. The van der Waals surface area contributed by atoms with Gasteiger partial charge in [-0.05, 0) is 24.3 Å². The summed E-state index contributed by atoms with van der Waals surface area (Å²) in [4.78, 5) is 21.9. The minimum absolute atomic E-state index is 0.00509. The molecule has 0 spiro atoms. The van der Waals surface area contributed by atoms with Crippen LogP contribution < -0.4 is 14.2 Å². The number of aromatic nitrogens is 2. The number of thioether (sulfide) groups is 1. The van der Waals surface area contributed by atoms with Gasteiger partial charge >= 0.3 is 0 Å². The Morgan fingerprint density at radius 3 is 2.96 bits per heavy atom. The van der Waals surface area contributed by atoms with Crippen LogP contribution in [0.3, 0.4) is 0 Å². The van der Waals surface area contributed by atoms with Crippen LogP contribution in [0.1, 0.15) is 0 Å². The van der Waals surface area contributed by atoms with E-state index in [-0.39, 0.29) is 17.8 Å². The van der Waals surface area contributed by atoms with Gasteiger partial charge in [0.25, 0.3) is 0 Å². The molecule has 1 aromatic heterocycles. The average molecular weight is 399 g/mol. The van der Waals surface area contributed by atoms with Crippen molar-refractivity contribution < 1.29 is 19.0 Å². The van der Waals surface area contributed by atoms with Crippen molar-refractivity contribution in [1.82, 2.24) is 14.9 Å². The number of fused-ring (bicyclic) bond motifs is 2. The lowest BCUT2D eigenvalue weighted by molar-refractivity contribution is -0.128. The summed E-state index contributed by atoms with van der Waals surface area (Å²) in [6.45, 7) is 0.887. The molecule has 146 valence electrons. The van der Waals surface area contributed by atoms with Crippen LogP contribution in [0.5, 0.6) is 17.2 Å². The van der Waals surface area contributed by atoms with Gasteiger partial charge < -0.3 is 24.1 Å². The number of benzene rings is 2. The highest BCUT2D eigenvalue weighted by Gasteiger charge is 2.23. The van der Waals surface area contributed by atoms with E-state index in [1.807, 2.05) is 42.5 Å². The fourth-order valence-electron chi connectivity index (χ4n) is 2.96. The van der Waals surface area contributed by atoms with Gasteiger partial charge in [0.1, 0.15) is 12.4 Å². The molecule has 1 aliphatic rings. The highest BCUT2D eigenvalue weighted by molar-refractivity contribution is 7.99. The van der Waals surface area contributed by atoms with E-state index >= 15 is 0 Å². The lowest BCUT2D eigenvalue weighted by Crippen LogP contribution is -2.42. The third kappa shape index (κ3) is 4.01. The number of amides is 1. The molecule has 1 amide bonds. The molecule has 7 nitrogen and oxygen atoms in total. The SMILES string of the molecule is COc1ccc2nc(SCC(=O)N(C)C[C@H]3COc4ccccc4O3)[nH]c2c1. The number of para-hydroxylation sites is 2. The van der Waals surface area contributed by atoms with Gasteiger partial charge in [-0.15, -0.1) is 0 Å². The number of likely N-dealkylation sites (N-methyl/N-ethyl adjacent to an activating group) is 1. The van der Waals surface area contributed by atoms with Crippen LogP contribution in [0, 0.1) is 0 Å². The minimum Gasteiger partial charge on any atom is -0.497 e. The maximum absolute atomic E-state index is 12.5.